The molecule has 0 fully saturated rings. The summed E-state index contributed by atoms with van der Waals surface area (Å²) in [5, 5.41) is 6.53. The van der Waals surface area contributed by atoms with Gasteiger partial charge in [-0.15, -0.1) is 0 Å². The minimum absolute atomic E-state index is 0.155. The summed E-state index contributed by atoms with van der Waals surface area (Å²) in [7, 11) is 0. The van der Waals surface area contributed by atoms with E-state index in [2.05, 4.69) is 10.4 Å². The second-order valence-electron chi connectivity index (χ2n) is 3.78. The predicted molar refractivity (Wildman–Crippen MR) is 61.3 cm³/mol. The Hall–Kier alpha value is -2.05. The largest absolute Gasteiger partial charge is 0.477 e. The van der Waals surface area contributed by atoms with Crippen molar-refractivity contribution < 1.29 is 19.1 Å². The minimum atomic E-state index is -0.465. The molecule has 0 atom stereocenters. The summed E-state index contributed by atoms with van der Waals surface area (Å²) < 4.78 is 11.8. The van der Waals surface area contributed by atoms with Gasteiger partial charge in [0.15, 0.2) is 0 Å². The molecule has 2 heterocycles. The summed E-state index contributed by atoms with van der Waals surface area (Å²) in [5.74, 6) is -0.387. The lowest BCUT2D eigenvalue weighted by atomic mass is 10.3. The number of fused-ring (bicyclic) bond motifs is 1. The van der Waals surface area contributed by atoms with Crippen molar-refractivity contribution in [2.75, 3.05) is 19.8 Å². The fourth-order valence-electron chi connectivity index (χ4n) is 1.68. The molecule has 1 N–H and O–H groups in total. The smallest absolute Gasteiger partial charge is 0.325 e. The van der Waals surface area contributed by atoms with Crippen molar-refractivity contribution in [3.63, 3.8) is 0 Å². The van der Waals surface area contributed by atoms with Gasteiger partial charge in [0.05, 0.1) is 19.4 Å². The highest BCUT2D eigenvalue weighted by molar-refractivity contribution is 5.97. The van der Waals surface area contributed by atoms with Gasteiger partial charge < -0.3 is 14.8 Å². The van der Waals surface area contributed by atoms with Crippen LogP contribution in [0.15, 0.2) is 6.20 Å². The van der Waals surface area contributed by atoms with E-state index in [0.29, 0.717) is 24.7 Å². The first-order valence-corrected chi connectivity index (χ1v) is 5.84. The SMILES string of the molecule is CCOC(=O)CNC(=O)c1cnn2c1OCCC2. The third kappa shape index (κ3) is 2.61. The standard InChI is InChI=1S/C11H15N3O4/c1-2-17-9(15)7-12-10(16)8-6-13-14-4-3-5-18-11(8)14/h6H,2-5,7H2,1H3,(H,12,16). The highest BCUT2D eigenvalue weighted by Gasteiger charge is 2.21. The number of carbonyl (C=O) groups excluding carboxylic acids is 2. The van der Waals surface area contributed by atoms with Gasteiger partial charge in [-0.1, -0.05) is 0 Å². The zero-order valence-electron chi connectivity index (χ0n) is 10.1. The van der Waals surface area contributed by atoms with Crippen LogP contribution in [0.25, 0.3) is 0 Å². The van der Waals surface area contributed by atoms with E-state index >= 15 is 0 Å². The molecule has 7 nitrogen and oxygen atoms in total. The van der Waals surface area contributed by atoms with E-state index in [1.165, 1.54) is 6.20 Å². The summed E-state index contributed by atoms with van der Waals surface area (Å²) in [6, 6.07) is 0. The van der Waals surface area contributed by atoms with Crippen LogP contribution in [-0.4, -0.2) is 41.4 Å². The summed E-state index contributed by atoms with van der Waals surface area (Å²) >= 11 is 0. The first kappa shape index (κ1) is 12.4. The number of hydrogen-bond donors (Lipinski definition) is 1. The lowest BCUT2D eigenvalue weighted by Crippen LogP contribution is -2.31. The van der Waals surface area contributed by atoms with Crippen molar-refractivity contribution in [1.29, 1.82) is 0 Å². The van der Waals surface area contributed by atoms with Gasteiger partial charge in [0.1, 0.15) is 12.1 Å². The lowest BCUT2D eigenvalue weighted by Gasteiger charge is -2.15. The van der Waals surface area contributed by atoms with Crippen molar-refractivity contribution in [1.82, 2.24) is 15.1 Å². The molecule has 18 heavy (non-hydrogen) atoms. The molecular weight excluding hydrogens is 238 g/mol. The molecule has 0 saturated carbocycles. The van der Waals surface area contributed by atoms with Crippen LogP contribution in [0.3, 0.4) is 0 Å². The molecule has 1 aromatic rings. The van der Waals surface area contributed by atoms with Gasteiger partial charge in [0.2, 0.25) is 5.88 Å². The number of nitrogens with zero attached hydrogens (tertiary/aromatic N) is 2. The molecule has 7 heteroatoms. The van der Waals surface area contributed by atoms with Crippen LogP contribution < -0.4 is 10.1 Å². The number of aryl methyl sites for hydroxylation is 1. The molecule has 1 aliphatic rings. The predicted octanol–water partition coefficient (Wildman–Crippen LogP) is -0.0415. The van der Waals surface area contributed by atoms with E-state index in [0.717, 1.165) is 13.0 Å². The van der Waals surface area contributed by atoms with Gasteiger partial charge in [0.25, 0.3) is 5.91 Å². The van der Waals surface area contributed by atoms with E-state index in [1.807, 2.05) is 0 Å². The molecule has 0 aromatic carbocycles. The zero-order valence-corrected chi connectivity index (χ0v) is 10.1. The number of aromatic nitrogens is 2. The van der Waals surface area contributed by atoms with Crippen molar-refractivity contribution in [2.45, 2.75) is 19.9 Å². The van der Waals surface area contributed by atoms with Crippen LogP contribution in [0.1, 0.15) is 23.7 Å². The Morgan fingerprint density at radius 1 is 1.61 bits per heavy atom. The van der Waals surface area contributed by atoms with E-state index in [1.54, 1.807) is 11.6 Å². The molecule has 1 amide bonds. The molecular formula is C11H15N3O4. The minimum Gasteiger partial charge on any atom is -0.477 e. The maximum absolute atomic E-state index is 11.8. The van der Waals surface area contributed by atoms with E-state index in [-0.39, 0.29) is 12.5 Å². The van der Waals surface area contributed by atoms with Crippen LogP contribution in [0.4, 0.5) is 0 Å². The number of rotatable bonds is 4. The third-order valence-corrected chi connectivity index (χ3v) is 2.49. The Morgan fingerprint density at radius 2 is 2.44 bits per heavy atom. The van der Waals surface area contributed by atoms with Crippen molar-refractivity contribution in [3.05, 3.63) is 11.8 Å². The first-order chi connectivity index (χ1) is 8.72. The van der Waals surface area contributed by atoms with Gasteiger partial charge in [0, 0.05) is 13.0 Å². The molecule has 0 spiro atoms. The lowest BCUT2D eigenvalue weighted by molar-refractivity contribution is -0.141. The number of carbonyl (C=O) groups is 2. The van der Waals surface area contributed by atoms with Crippen molar-refractivity contribution >= 4 is 11.9 Å². The Morgan fingerprint density at radius 3 is 3.22 bits per heavy atom. The third-order valence-electron chi connectivity index (χ3n) is 2.49. The normalized spacial score (nSPS) is 13.4. The number of amides is 1. The van der Waals surface area contributed by atoms with Crippen LogP contribution in [-0.2, 0) is 16.1 Å². The number of hydrogen-bond acceptors (Lipinski definition) is 5. The van der Waals surface area contributed by atoms with Gasteiger partial charge in [-0.3, -0.25) is 9.59 Å². The fourth-order valence-corrected chi connectivity index (χ4v) is 1.68. The van der Waals surface area contributed by atoms with Crippen LogP contribution in [0.5, 0.6) is 5.88 Å². The topological polar surface area (TPSA) is 82.5 Å². The Kier molecular flexibility index (Phi) is 3.81. The van der Waals surface area contributed by atoms with Crippen molar-refractivity contribution in [3.8, 4) is 5.88 Å². The Balaban J connectivity index is 1.97. The molecule has 0 aliphatic carbocycles. The van der Waals surface area contributed by atoms with Crippen LogP contribution in [0, 0.1) is 0 Å². The van der Waals surface area contributed by atoms with Gasteiger partial charge in [-0.05, 0) is 6.92 Å². The Labute approximate surface area is 104 Å². The van der Waals surface area contributed by atoms with E-state index in [9.17, 15) is 9.59 Å². The highest BCUT2D eigenvalue weighted by atomic mass is 16.5. The molecule has 2 rings (SSSR count). The van der Waals surface area contributed by atoms with E-state index in [4.69, 9.17) is 9.47 Å². The summed E-state index contributed by atoms with van der Waals surface area (Å²) in [4.78, 5) is 23.0. The monoisotopic (exact) mass is 253 g/mol. The quantitative estimate of drug-likeness (QED) is 0.761. The molecule has 0 bridgehead atoms. The van der Waals surface area contributed by atoms with Gasteiger partial charge in [-0.2, -0.15) is 5.10 Å². The fraction of sp³-hybridized carbons (Fsp3) is 0.545. The van der Waals surface area contributed by atoms with E-state index < -0.39 is 5.97 Å². The average molecular weight is 253 g/mol. The highest BCUT2D eigenvalue weighted by Crippen LogP contribution is 2.21. The maximum atomic E-state index is 11.8. The van der Waals surface area contributed by atoms with Gasteiger partial charge >= 0.3 is 5.97 Å². The molecule has 0 unspecified atom stereocenters. The van der Waals surface area contributed by atoms with Crippen LogP contribution >= 0.6 is 0 Å². The number of nitrogens with one attached hydrogen (secondary N) is 1. The second kappa shape index (κ2) is 5.52. The first-order valence-electron chi connectivity index (χ1n) is 5.84. The number of ether oxygens (including phenoxy) is 2. The molecule has 0 saturated heterocycles. The van der Waals surface area contributed by atoms with Crippen LogP contribution in [0.2, 0.25) is 0 Å². The van der Waals surface area contributed by atoms with Gasteiger partial charge in [-0.25, -0.2) is 4.68 Å². The summed E-state index contributed by atoms with van der Waals surface area (Å²) in [6.07, 6.45) is 2.32. The maximum Gasteiger partial charge on any atom is 0.325 e. The molecule has 1 aliphatic heterocycles. The number of esters is 1. The zero-order chi connectivity index (χ0) is 13.0. The average Bonchev–Trinajstić information content (AvgIpc) is 2.80. The molecule has 1 aromatic heterocycles. The van der Waals surface area contributed by atoms with Crippen molar-refractivity contribution in [2.24, 2.45) is 0 Å². The second-order valence-corrected chi connectivity index (χ2v) is 3.78. The molecule has 98 valence electrons. The summed E-state index contributed by atoms with van der Waals surface area (Å²) in [6.45, 7) is 3.16. The molecule has 0 radical (unpaired) electrons. The Bertz CT molecular complexity index is 455. The summed E-state index contributed by atoms with van der Waals surface area (Å²) in [5.41, 5.74) is 0.346.